The molecule has 0 aromatic heterocycles. The average molecular weight is 279 g/mol. The third-order valence-corrected chi connectivity index (χ3v) is 6.92. The lowest BCUT2D eigenvalue weighted by molar-refractivity contribution is 0.186. The molecule has 19 heavy (non-hydrogen) atoms. The van der Waals surface area contributed by atoms with E-state index in [4.69, 9.17) is 8.85 Å². The Morgan fingerprint density at radius 2 is 1.74 bits per heavy atom. The van der Waals surface area contributed by atoms with E-state index in [9.17, 15) is 4.79 Å². The van der Waals surface area contributed by atoms with E-state index < -0.39 is 8.56 Å². The normalized spacial score (nSPS) is 12.8. The van der Waals surface area contributed by atoms with Crippen LogP contribution in [0.4, 0.5) is 0 Å². The Kier molecular flexibility index (Phi) is 6.66. The van der Waals surface area contributed by atoms with Gasteiger partial charge in [0.05, 0.1) is 0 Å². The molecule has 0 amide bonds. The number of isocyanates is 1. The van der Waals surface area contributed by atoms with Crippen molar-refractivity contribution < 1.29 is 13.6 Å². The van der Waals surface area contributed by atoms with Crippen LogP contribution in [0.25, 0.3) is 0 Å². The number of rotatable bonds is 8. The van der Waals surface area contributed by atoms with E-state index in [0.717, 1.165) is 5.19 Å². The minimum Gasteiger partial charge on any atom is -0.390 e. The third kappa shape index (κ3) is 3.61. The van der Waals surface area contributed by atoms with E-state index in [-0.39, 0.29) is 5.67 Å². The molecule has 4 nitrogen and oxygen atoms in total. The Morgan fingerprint density at radius 3 is 2.16 bits per heavy atom. The van der Waals surface area contributed by atoms with Crippen molar-refractivity contribution in [1.29, 1.82) is 0 Å². The van der Waals surface area contributed by atoms with Crippen LogP contribution >= 0.6 is 0 Å². The van der Waals surface area contributed by atoms with Crippen molar-refractivity contribution in [2.45, 2.75) is 32.9 Å². The molecule has 0 saturated heterocycles. The maximum Gasteiger partial charge on any atom is 0.398 e. The second-order valence-corrected chi connectivity index (χ2v) is 7.20. The molecule has 0 aliphatic rings. The minimum absolute atomic E-state index is 0.271. The van der Waals surface area contributed by atoms with Gasteiger partial charge in [0.25, 0.3) is 0 Å². The first-order valence-corrected chi connectivity index (χ1v) is 8.54. The number of aliphatic imine (C=N–C) groups is 1. The van der Waals surface area contributed by atoms with Crippen LogP contribution in [0.2, 0.25) is 0 Å². The zero-order chi connectivity index (χ0) is 14.1. The fraction of sp³-hybridized carbons (Fsp3) is 0.500. The summed E-state index contributed by atoms with van der Waals surface area (Å²) >= 11 is 0. The van der Waals surface area contributed by atoms with Crippen molar-refractivity contribution >= 4 is 19.8 Å². The van der Waals surface area contributed by atoms with Gasteiger partial charge in [0, 0.05) is 13.2 Å². The summed E-state index contributed by atoms with van der Waals surface area (Å²) in [4.78, 5) is 14.6. The van der Waals surface area contributed by atoms with Crippen LogP contribution in [0.3, 0.4) is 0 Å². The first-order valence-electron chi connectivity index (χ1n) is 6.65. The first-order chi connectivity index (χ1) is 9.25. The Bertz CT molecular complexity index is 412. The molecule has 0 N–H and O–H groups in total. The van der Waals surface area contributed by atoms with Gasteiger partial charge in [0.1, 0.15) is 5.67 Å². The second-order valence-electron chi connectivity index (χ2n) is 4.04. The van der Waals surface area contributed by atoms with E-state index in [1.165, 1.54) is 0 Å². The maximum absolute atomic E-state index is 10.7. The van der Waals surface area contributed by atoms with Crippen molar-refractivity contribution in [2.75, 3.05) is 13.2 Å². The van der Waals surface area contributed by atoms with Gasteiger partial charge in [0.2, 0.25) is 6.08 Å². The van der Waals surface area contributed by atoms with E-state index in [1.807, 2.05) is 51.1 Å². The summed E-state index contributed by atoms with van der Waals surface area (Å²) in [5.41, 5.74) is -0.271. The lowest BCUT2D eigenvalue weighted by Crippen LogP contribution is -2.62. The van der Waals surface area contributed by atoms with Crippen molar-refractivity contribution in [3.05, 3.63) is 30.3 Å². The van der Waals surface area contributed by atoms with Gasteiger partial charge in [-0.2, -0.15) is 0 Å². The topological polar surface area (TPSA) is 47.9 Å². The molecule has 104 valence electrons. The highest BCUT2D eigenvalue weighted by Gasteiger charge is 2.47. The van der Waals surface area contributed by atoms with Crippen molar-refractivity contribution in [1.82, 2.24) is 0 Å². The van der Waals surface area contributed by atoms with E-state index in [0.29, 0.717) is 19.6 Å². The molecule has 0 heterocycles. The summed E-state index contributed by atoms with van der Waals surface area (Å²) in [6.07, 6.45) is 2.35. The van der Waals surface area contributed by atoms with Crippen LogP contribution in [-0.2, 0) is 13.6 Å². The maximum atomic E-state index is 10.7. The number of hydrogen-bond donors (Lipinski definition) is 0. The zero-order valence-corrected chi connectivity index (χ0v) is 12.8. The van der Waals surface area contributed by atoms with Crippen LogP contribution < -0.4 is 5.19 Å². The van der Waals surface area contributed by atoms with Gasteiger partial charge in [-0.05, 0) is 25.5 Å². The standard InChI is InChI=1S/C14H21NO3Si/c1-4-14(15-12-16)19(17-5-2,18-6-3)13-10-8-7-9-11-13/h7-11,14H,4-6H2,1-3H3. The number of carbonyl (C=O) groups excluding carboxylic acids is 1. The van der Waals surface area contributed by atoms with Crippen LogP contribution in [-0.4, -0.2) is 33.5 Å². The molecule has 0 fully saturated rings. The fourth-order valence-corrected chi connectivity index (χ4v) is 5.66. The molecule has 0 radical (unpaired) electrons. The summed E-state index contributed by atoms with van der Waals surface area (Å²) in [5, 5.41) is 1.00. The molecular weight excluding hydrogens is 258 g/mol. The van der Waals surface area contributed by atoms with Crippen LogP contribution in [0, 0.1) is 0 Å². The monoisotopic (exact) mass is 279 g/mol. The fourth-order valence-electron chi connectivity index (χ4n) is 2.20. The largest absolute Gasteiger partial charge is 0.398 e. The molecular formula is C14H21NO3Si. The second kappa shape index (κ2) is 8.02. The molecule has 1 aromatic carbocycles. The number of benzene rings is 1. The molecule has 0 spiro atoms. The highest BCUT2D eigenvalue weighted by Crippen LogP contribution is 2.19. The predicted molar refractivity (Wildman–Crippen MR) is 77.3 cm³/mol. The predicted octanol–water partition coefficient (Wildman–Crippen LogP) is 2.06. The molecule has 1 aromatic rings. The van der Waals surface area contributed by atoms with Crippen molar-refractivity contribution in [3.8, 4) is 0 Å². The summed E-state index contributed by atoms with van der Waals surface area (Å²) in [7, 11) is -2.75. The lowest BCUT2D eigenvalue weighted by Gasteiger charge is -2.33. The highest BCUT2D eigenvalue weighted by molar-refractivity contribution is 6.82. The molecule has 0 saturated carbocycles. The van der Waals surface area contributed by atoms with Gasteiger partial charge in [-0.25, -0.2) is 9.79 Å². The first kappa shape index (κ1) is 15.8. The SMILES string of the molecule is CCO[Si](OCC)(c1ccccc1)C(CC)N=C=O. The molecule has 5 heteroatoms. The Balaban J connectivity index is 3.31. The Labute approximate surface area is 115 Å². The minimum atomic E-state index is -2.75. The highest BCUT2D eigenvalue weighted by atomic mass is 28.4. The average Bonchev–Trinajstić information content (AvgIpc) is 2.45. The quantitative estimate of drug-likeness (QED) is 0.416. The summed E-state index contributed by atoms with van der Waals surface area (Å²) in [5.74, 6) is 0. The summed E-state index contributed by atoms with van der Waals surface area (Å²) in [6, 6.07) is 9.82. The third-order valence-electron chi connectivity index (χ3n) is 2.93. The van der Waals surface area contributed by atoms with Gasteiger partial charge in [-0.1, -0.05) is 37.3 Å². The number of nitrogens with zero attached hydrogens (tertiary/aromatic N) is 1. The smallest absolute Gasteiger partial charge is 0.390 e. The van der Waals surface area contributed by atoms with Crippen molar-refractivity contribution in [2.24, 2.45) is 4.99 Å². The van der Waals surface area contributed by atoms with Gasteiger partial charge in [-0.15, -0.1) is 0 Å². The van der Waals surface area contributed by atoms with Crippen LogP contribution in [0.5, 0.6) is 0 Å². The van der Waals surface area contributed by atoms with Gasteiger partial charge < -0.3 is 8.85 Å². The van der Waals surface area contributed by atoms with Crippen LogP contribution in [0.1, 0.15) is 27.2 Å². The molecule has 1 unspecified atom stereocenters. The summed E-state index contributed by atoms with van der Waals surface area (Å²) in [6.45, 7) is 6.91. The molecule has 1 rings (SSSR count). The zero-order valence-electron chi connectivity index (χ0n) is 11.8. The number of hydrogen-bond acceptors (Lipinski definition) is 4. The van der Waals surface area contributed by atoms with E-state index >= 15 is 0 Å². The Morgan fingerprint density at radius 1 is 1.16 bits per heavy atom. The molecule has 0 aliphatic heterocycles. The van der Waals surface area contributed by atoms with Crippen LogP contribution in [0.15, 0.2) is 35.3 Å². The lowest BCUT2D eigenvalue weighted by atomic mass is 10.4. The van der Waals surface area contributed by atoms with Gasteiger partial charge in [0.15, 0.2) is 0 Å². The van der Waals surface area contributed by atoms with Gasteiger partial charge in [-0.3, -0.25) is 0 Å². The van der Waals surface area contributed by atoms with Crippen molar-refractivity contribution in [3.63, 3.8) is 0 Å². The van der Waals surface area contributed by atoms with Gasteiger partial charge >= 0.3 is 8.56 Å². The molecule has 0 bridgehead atoms. The summed E-state index contributed by atoms with van der Waals surface area (Å²) < 4.78 is 12.0. The van der Waals surface area contributed by atoms with E-state index in [2.05, 4.69) is 4.99 Å². The Hall–Kier alpha value is -1.26. The molecule has 1 atom stereocenters. The van der Waals surface area contributed by atoms with E-state index in [1.54, 1.807) is 6.08 Å². The molecule has 0 aliphatic carbocycles.